The lowest BCUT2D eigenvalue weighted by Gasteiger charge is -2.32. The van der Waals surface area contributed by atoms with Gasteiger partial charge in [-0.3, -0.25) is 4.79 Å². The number of amides is 1. The molecule has 2 aromatic rings. The molecule has 0 spiro atoms. The van der Waals surface area contributed by atoms with Gasteiger partial charge >= 0.3 is 0 Å². The Bertz CT molecular complexity index is 735. The first-order chi connectivity index (χ1) is 11.2. The quantitative estimate of drug-likeness (QED) is 0.876. The maximum absolute atomic E-state index is 12.6. The summed E-state index contributed by atoms with van der Waals surface area (Å²) in [6.07, 6.45) is 5.69. The molecule has 118 valence electrons. The van der Waals surface area contributed by atoms with E-state index in [1.165, 1.54) is 0 Å². The fourth-order valence-electron chi connectivity index (χ4n) is 3.23. The number of carbonyl (C=O) groups is 1. The summed E-state index contributed by atoms with van der Waals surface area (Å²) in [4.78, 5) is 19.0. The molecule has 23 heavy (non-hydrogen) atoms. The van der Waals surface area contributed by atoms with Gasteiger partial charge in [0.25, 0.3) is 5.91 Å². The van der Waals surface area contributed by atoms with Crippen LogP contribution in [0.25, 0.3) is 0 Å². The molecule has 0 aliphatic carbocycles. The molecule has 1 aliphatic heterocycles. The maximum Gasteiger partial charge on any atom is 0.255 e. The van der Waals surface area contributed by atoms with Crippen molar-refractivity contribution in [2.45, 2.75) is 32.2 Å². The molecule has 1 aromatic heterocycles. The minimum Gasteiger partial charge on any atom is -0.339 e. The van der Waals surface area contributed by atoms with Crippen LogP contribution in [-0.2, 0) is 6.54 Å². The van der Waals surface area contributed by atoms with Crippen LogP contribution in [-0.4, -0.2) is 33.4 Å². The molecule has 2 heterocycles. The predicted octanol–water partition coefficient (Wildman–Crippen LogP) is 2.79. The average Bonchev–Trinajstić information content (AvgIpc) is 3.10. The first-order valence-electron chi connectivity index (χ1n) is 8.04. The molecule has 1 aliphatic rings. The van der Waals surface area contributed by atoms with Gasteiger partial charge in [-0.1, -0.05) is 12.1 Å². The highest BCUT2D eigenvalue weighted by Gasteiger charge is 2.27. The van der Waals surface area contributed by atoms with Crippen LogP contribution in [0.2, 0.25) is 0 Å². The van der Waals surface area contributed by atoms with Crippen molar-refractivity contribution < 1.29 is 4.79 Å². The monoisotopic (exact) mass is 308 g/mol. The van der Waals surface area contributed by atoms with E-state index in [2.05, 4.69) is 22.5 Å². The van der Waals surface area contributed by atoms with Gasteiger partial charge in [0.05, 0.1) is 17.2 Å². The fraction of sp³-hybridized carbons (Fsp3) is 0.389. The predicted molar refractivity (Wildman–Crippen MR) is 86.9 cm³/mol. The number of imidazole rings is 1. The van der Waals surface area contributed by atoms with Crippen LogP contribution in [0, 0.1) is 11.3 Å². The summed E-state index contributed by atoms with van der Waals surface area (Å²) >= 11 is 0. The number of carbonyl (C=O) groups excluding carboxylic acids is 1. The van der Waals surface area contributed by atoms with Crippen molar-refractivity contribution in [2.75, 3.05) is 13.1 Å². The number of aromatic nitrogens is 2. The van der Waals surface area contributed by atoms with Crippen LogP contribution >= 0.6 is 0 Å². The minimum absolute atomic E-state index is 0.0422. The highest BCUT2D eigenvalue weighted by atomic mass is 16.2. The minimum atomic E-state index is -0.0422. The molecule has 1 fully saturated rings. The Kier molecular flexibility index (Phi) is 4.42. The first kappa shape index (κ1) is 15.3. The van der Waals surface area contributed by atoms with E-state index in [0.717, 1.165) is 25.2 Å². The number of rotatable bonds is 3. The molecule has 1 amide bonds. The van der Waals surface area contributed by atoms with Crippen molar-refractivity contribution in [2.24, 2.45) is 0 Å². The summed E-state index contributed by atoms with van der Waals surface area (Å²) in [5.74, 6) is 1.48. The molecule has 0 atom stereocenters. The first-order valence-corrected chi connectivity index (χ1v) is 8.04. The van der Waals surface area contributed by atoms with E-state index in [-0.39, 0.29) is 5.91 Å². The van der Waals surface area contributed by atoms with Gasteiger partial charge in [0.1, 0.15) is 5.82 Å². The number of nitrogens with zero attached hydrogens (tertiary/aromatic N) is 4. The molecule has 0 radical (unpaired) electrons. The van der Waals surface area contributed by atoms with Gasteiger partial charge in [-0.05, 0) is 31.9 Å². The highest BCUT2D eigenvalue weighted by Crippen LogP contribution is 2.28. The average molecular weight is 308 g/mol. The van der Waals surface area contributed by atoms with E-state index in [9.17, 15) is 4.79 Å². The van der Waals surface area contributed by atoms with Gasteiger partial charge in [-0.25, -0.2) is 4.98 Å². The second-order valence-corrected chi connectivity index (χ2v) is 5.80. The third-order valence-corrected chi connectivity index (χ3v) is 4.51. The summed E-state index contributed by atoms with van der Waals surface area (Å²) in [6.45, 7) is 4.45. The summed E-state index contributed by atoms with van der Waals surface area (Å²) in [5, 5.41) is 9.16. The Morgan fingerprint density at radius 1 is 1.35 bits per heavy atom. The van der Waals surface area contributed by atoms with E-state index >= 15 is 0 Å². The van der Waals surface area contributed by atoms with Crippen molar-refractivity contribution in [1.29, 1.82) is 5.26 Å². The number of nitriles is 1. The molecule has 3 rings (SSSR count). The zero-order valence-corrected chi connectivity index (χ0v) is 13.3. The molecule has 0 unspecified atom stereocenters. The van der Waals surface area contributed by atoms with E-state index in [1.54, 1.807) is 24.3 Å². The van der Waals surface area contributed by atoms with Gasteiger partial charge in [-0.15, -0.1) is 0 Å². The third kappa shape index (κ3) is 2.98. The molecule has 0 N–H and O–H groups in total. The van der Waals surface area contributed by atoms with Crippen LogP contribution in [0.15, 0.2) is 36.7 Å². The molecule has 1 saturated heterocycles. The summed E-state index contributed by atoms with van der Waals surface area (Å²) < 4.78 is 2.17. The lowest BCUT2D eigenvalue weighted by molar-refractivity contribution is 0.0710. The lowest BCUT2D eigenvalue weighted by Crippen LogP contribution is -2.38. The number of piperidine rings is 1. The zero-order chi connectivity index (χ0) is 16.2. The Morgan fingerprint density at radius 3 is 2.78 bits per heavy atom. The van der Waals surface area contributed by atoms with Crippen molar-refractivity contribution in [3.8, 4) is 6.07 Å². The molecule has 1 aromatic carbocycles. The topological polar surface area (TPSA) is 61.9 Å². The Labute approximate surface area is 136 Å². The number of benzene rings is 1. The summed E-state index contributed by atoms with van der Waals surface area (Å²) in [6, 6.07) is 9.11. The van der Waals surface area contributed by atoms with Gasteiger partial charge < -0.3 is 9.47 Å². The SMILES string of the molecule is CCn1ccnc1C1CCN(C(=O)c2ccccc2C#N)CC1. The van der Waals surface area contributed by atoms with Crippen LogP contribution in [0.4, 0.5) is 0 Å². The zero-order valence-electron chi connectivity index (χ0n) is 13.3. The van der Waals surface area contributed by atoms with Crippen molar-refractivity contribution in [1.82, 2.24) is 14.5 Å². The lowest BCUT2D eigenvalue weighted by atomic mass is 9.95. The highest BCUT2D eigenvalue weighted by molar-refractivity contribution is 5.96. The summed E-state index contributed by atoms with van der Waals surface area (Å²) in [7, 11) is 0. The Morgan fingerprint density at radius 2 is 2.09 bits per heavy atom. The molecule has 0 saturated carbocycles. The van der Waals surface area contributed by atoms with Gasteiger partial charge in [-0.2, -0.15) is 5.26 Å². The number of aryl methyl sites for hydroxylation is 1. The second kappa shape index (κ2) is 6.66. The number of hydrogen-bond donors (Lipinski definition) is 0. The number of hydrogen-bond acceptors (Lipinski definition) is 3. The standard InChI is InChI=1S/C18H20N4O/c1-2-21-12-9-20-17(21)14-7-10-22(11-8-14)18(23)16-6-4-3-5-15(16)13-19/h3-6,9,12,14H,2,7-8,10-11H2,1H3. The van der Waals surface area contributed by atoms with E-state index in [4.69, 9.17) is 5.26 Å². The largest absolute Gasteiger partial charge is 0.339 e. The van der Waals surface area contributed by atoms with E-state index < -0.39 is 0 Å². The van der Waals surface area contributed by atoms with Crippen LogP contribution < -0.4 is 0 Å². The maximum atomic E-state index is 12.6. The van der Waals surface area contributed by atoms with Gasteiger partial charge in [0, 0.05) is 37.9 Å². The Hall–Kier alpha value is -2.61. The van der Waals surface area contributed by atoms with Crippen LogP contribution in [0.3, 0.4) is 0 Å². The molecule has 0 bridgehead atoms. The normalized spacial score (nSPS) is 15.4. The van der Waals surface area contributed by atoms with Crippen LogP contribution in [0.1, 0.15) is 47.4 Å². The van der Waals surface area contributed by atoms with E-state index in [1.807, 2.05) is 17.3 Å². The smallest absolute Gasteiger partial charge is 0.255 e. The molecule has 5 heteroatoms. The molecule has 5 nitrogen and oxygen atoms in total. The van der Waals surface area contributed by atoms with Gasteiger partial charge in [0.2, 0.25) is 0 Å². The summed E-state index contributed by atoms with van der Waals surface area (Å²) in [5.41, 5.74) is 0.949. The van der Waals surface area contributed by atoms with Crippen molar-refractivity contribution in [3.63, 3.8) is 0 Å². The van der Waals surface area contributed by atoms with Crippen LogP contribution in [0.5, 0.6) is 0 Å². The van der Waals surface area contributed by atoms with Gasteiger partial charge in [0.15, 0.2) is 0 Å². The van der Waals surface area contributed by atoms with Crippen molar-refractivity contribution in [3.05, 3.63) is 53.6 Å². The van der Waals surface area contributed by atoms with E-state index in [0.29, 0.717) is 30.1 Å². The molecular weight excluding hydrogens is 288 g/mol. The second-order valence-electron chi connectivity index (χ2n) is 5.80. The van der Waals surface area contributed by atoms with Crippen molar-refractivity contribution >= 4 is 5.91 Å². The fourth-order valence-corrected chi connectivity index (χ4v) is 3.23. The Balaban J connectivity index is 1.69. The molecular formula is C18H20N4O. The third-order valence-electron chi connectivity index (χ3n) is 4.51. The number of likely N-dealkylation sites (tertiary alicyclic amines) is 1.